The first-order chi connectivity index (χ1) is 6.90. The van der Waals surface area contributed by atoms with Crippen molar-refractivity contribution in [3.05, 3.63) is 12.2 Å². The molecule has 14 heavy (non-hydrogen) atoms. The van der Waals surface area contributed by atoms with E-state index in [0.717, 1.165) is 11.8 Å². The minimum Gasteiger partial charge on any atom is -0.339 e. The van der Waals surface area contributed by atoms with Crippen LogP contribution < -0.4 is 0 Å². The van der Waals surface area contributed by atoms with Crippen LogP contribution in [-0.4, -0.2) is 10.1 Å². The Hall–Kier alpha value is -0.860. The van der Waals surface area contributed by atoms with Crippen LogP contribution in [-0.2, 0) is 0 Å². The van der Waals surface area contributed by atoms with E-state index in [4.69, 9.17) is 4.52 Å². The molecule has 3 nitrogen and oxygen atoms in total. The Morgan fingerprint density at radius 2 is 2.14 bits per heavy atom. The lowest BCUT2D eigenvalue weighted by atomic mass is 9.80. The van der Waals surface area contributed by atoms with Gasteiger partial charge in [-0.25, -0.2) is 0 Å². The summed E-state index contributed by atoms with van der Waals surface area (Å²) in [6, 6.07) is 0. The number of hydrogen-bond donors (Lipinski definition) is 0. The molecule has 78 valence electrons. The van der Waals surface area contributed by atoms with Gasteiger partial charge in [-0.1, -0.05) is 24.9 Å². The van der Waals surface area contributed by atoms with E-state index in [-0.39, 0.29) is 0 Å². The van der Waals surface area contributed by atoms with Crippen molar-refractivity contribution < 1.29 is 4.52 Å². The highest BCUT2D eigenvalue weighted by atomic mass is 16.5. The SMILES string of the molecule is CCCC1CCC(c2ncno2)CC1. The fourth-order valence-corrected chi connectivity index (χ4v) is 2.47. The van der Waals surface area contributed by atoms with Crippen LogP contribution in [0.2, 0.25) is 0 Å². The van der Waals surface area contributed by atoms with Crippen molar-refractivity contribution in [3.8, 4) is 0 Å². The molecule has 0 bridgehead atoms. The summed E-state index contributed by atoms with van der Waals surface area (Å²) in [4.78, 5) is 4.13. The molecule has 0 saturated heterocycles. The van der Waals surface area contributed by atoms with Crippen LogP contribution in [0.15, 0.2) is 10.9 Å². The number of rotatable bonds is 3. The van der Waals surface area contributed by atoms with Crippen molar-refractivity contribution >= 4 is 0 Å². The monoisotopic (exact) mass is 194 g/mol. The Balaban J connectivity index is 1.84. The quantitative estimate of drug-likeness (QED) is 0.742. The molecule has 0 spiro atoms. The van der Waals surface area contributed by atoms with Crippen LogP contribution in [0.3, 0.4) is 0 Å². The molecule has 1 aromatic heterocycles. The van der Waals surface area contributed by atoms with Crippen molar-refractivity contribution in [1.82, 2.24) is 10.1 Å². The molecule has 3 heteroatoms. The van der Waals surface area contributed by atoms with Crippen LogP contribution in [0.1, 0.15) is 57.3 Å². The molecule has 0 N–H and O–H groups in total. The summed E-state index contributed by atoms with van der Waals surface area (Å²) in [6.45, 7) is 2.27. The Bertz CT molecular complexity index is 250. The molecule has 1 heterocycles. The maximum atomic E-state index is 5.11. The lowest BCUT2D eigenvalue weighted by molar-refractivity contribution is 0.262. The second-order valence-corrected chi connectivity index (χ2v) is 4.29. The van der Waals surface area contributed by atoms with E-state index in [1.165, 1.54) is 44.9 Å². The average Bonchev–Trinajstić information content (AvgIpc) is 2.72. The van der Waals surface area contributed by atoms with Crippen LogP contribution >= 0.6 is 0 Å². The molecule has 1 aliphatic carbocycles. The minimum absolute atomic E-state index is 0.533. The lowest BCUT2D eigenvalue weighted by Gasteiger charge is -2.25. The van der Waals surface area contributed by atoms with Gasteiger partial charge in [-0.2, -0.15) is 4.98 Å². The van der Waals surface area contributed by atoms with E-state index in [0.29, 0.717) is 5.92 Å². The van der Waals surface area contributed by atoms with E-state index in [9.17, 15) is 0 Å². The second kappa shape index (κ2) is 4.58. The zero-order chi connectivity index (χ0) is 9.80. The molecule has 1 aliphatic rings. The van der Waals surface area contributed by atoms with Crippen molar-refractivity contribution in [2.75, 3.05) is 0 Å². The Kier molecular flexibility index (Phi) is 3.17. The topological polar surface area (TPSA) is 38.9 Å². The van der Waals surface area contributed by atoms with Crippen LogP contribution in [0.4, 0.5) is 0 Å². The molecule has 0 aromatic carbocycles. The molecule has 0 radical (unpaired) electrons. The van der Waals surface area contributed by atoms with Gasteiger partial charge in [-0.3, -0.25) is 0 Å². The van der Waals surface area contributed by atoms with Crippen molar-refractivity contribution in [2.45, 2.75) is 51.4 Å². The van der Waals surface area contributed by atoms with Gasteiger partial charge in [0.25, 0.3) is 0 Å². The molecule has 2 rings (SSSR count). The summed E-state index contributed by atoms with van der Waals surface area (Å²) in [7, 11) is 0. The van der Waals surface area contributed by atoms with Gasteiger partial charge in [0.1, 0.15) is 0 Å². The molecule has 1 saturated carbocycles. The zero-order valence-corrected chi connectivity index (χ0v) is 8.78. The normalized spacial score (nSPS) is 27.8. The fraction of sp³-hybridized carbons (Fsp3) is 0.818. The number of aromatic nitrogens is 2. The molecule has 1 aromatic rings. The summed E-state index contributed by atoms with van der Waals surface area (Å²) in [6.07, 6.45) is 9.33. The van der Waals surface area contributed by atoms with Gasteiger partial charge in [-0.05, 0) is 31.6 Å². The third-order valence-electron chi connectivity index (χ3n) is 3.27. The summed E-state index contributed by atoms with van der Waals surface area (Å²) < 4.78 is 5.11. The minimum atomic E-state index is 0.533. The maximum absolute atomic E-state index is 5.11. The van der Waals surface area contributed by atoms with E-state index < -0.39 is 0 Å². The van der Waals surface area contributed by atoms with Crippen LogP contribution in [0.25, 0.3) is 0 Å². The molecule has 1 fully saturated rings. The fourth-order valence-electron chi connectivity index (χ4n) is 2.47. The summed E-state index contributed by atoms with van der Waals surface area (Å²) in [5.74, 6) is 2.32. The summed E-state index contributed by atoms with van der Waals surface area (Å²) >= 11 is 0. The predicted molar refractivity (Wildman–Crippen MR) is 53.9 cm³/mol. The van der Waals surface area contributed by atoms with Gasteiger partial charge in [0.15, 0.2) is 6.33 Å². The van der Waals surface area contributed by atoms with Gasteiger partial charge in [0.05, 0.1) is 0 Å². The average molecular weight is 194 g/mol. The molecular formula is C11H18N2O. The van der Waals surface area contributed by atoms with E-state index >= 15 is 0 Å². The summed E-state index contributed by atoms with van der Waals surface area (Å²) in [5.41, 5.74) is 0. The Morgan fingerprint density at radius 3 is 2.71 bits per heavy atom. The van der Waals surface area contributed by atoms with Gasteiger partial charge >= 0.3 is 0 Å². The maximum Gasteiger partial charge on any atom is 0.229 e. The third-order valence-corrected chi connectivity index (χ3v) is 3.27. The summed E-state index contributed by atoms with van der Waals surface area (Å²) in [5, 5.41) is 3.67. The van der Waals surface area contributed by atoms with E-state index in [1.54, 1.807) is 0 Å². The van der Waals surface area contributed by atoms with Gasteiger partial charge in [0.2, 0.25) is 5.89 Å². The lowest BCUT2D eigenvalue weighted by Crippen LogP contribution is -2.13. The first-order valence-electron chi connectivity index (χ1n) is 5.66. The third kappa shape index (κ3) is 2.14. The smallest absolute Gasteiger partial charge is 0.229 e. The van der Waals surface area contributed by atoms with Crippen LogP contribution in [0, 0.1) is 5.92 Å². The Morgan fingerprint density at radius 1 is 1.36 bits per heavy atom. The van der Waals surface area contributed by atoms with E-state index in [1.807, 2.05) is 0 Å². The van der Waals surface area contributed by atoms with Crippen molar-refractivity contribution in [1.29, 1.82) is 0 Å². The van der Waals surface area contributed by atoms with Crippen molar-refractivity contribution in [2.24, 2.45) is 5.92 Å². The number of nitrogens with zero attached hydrogens (tertiary/aromatic N) is 2. The van der Waals surface area contributed by atoms with E-state index in [2.05, 4.69) is 17.1 Å². The van der Waals surface area contributed by atoms with Crippen LogP contribution in [0.5, 0.6) is 0 Å². The standard InChI is InChI=1S/C11H18N2O/c1-2-3-9-4-6-10(7-5-9)11-12-8-13-14-11/h8-10H,2-7H2,1H3. The van der Waals surface area contributed by atoms with Gasteiger partial charge in [-0.15, -0.1) is 0 Å². The Labute approximate surface area is 84.9 Å². The molecule has 0 atom stereocenters. The largest absolute Gasteiger partial charge is 0.339 e. The molecular weight excluding hydrogens is 176 g/mol. The van der Waals surface area contributed by atoms with Gasteiger partial charge < -0.3 is 4.52 Å². The number of hydrogen-bond acceptors (Lipinski definition) is 3. The van der Waals surface area contributed by atoms with Gasteiger partial charge in [0, 0.05) is 5.92 Å². The first kappa shape index (κ1) is 9.69. The highest BCUT2D eigenvalue weighted by molar-refractivity contribution is 4.92. The predicted octanol–water partition coefficient (Wildman–Crippen LogP) is 3.14. The first-order valence-corrected chi connectivity index (χ1v) is 5.66. The molecule has 0 unspecified atom stereocenters. The zero-order valence-electron chi connectivity index (χ0n) is 8.78. The van der Waals surface area contributed by atoms with Crippen molar-refractivity contribution in [3.63, 3.8) is 0 Å². The molecule has 0 aliphatic heterocycles. The second-order valence-electron chi connectivity index (χ2n) is 4.29. The molecule has 0 amide bonds. The highest BCUT2D eigenvalue weighted by Gasteiger charge is 2.24. The highest BCUT2D eigenvalue weighted by Crippen LogP contribution is 2.36.